The van der Waals surface area contributed by atoms with Gasteiger partial charge in [-0.15, -0.1) is 0 Å². The van der Waals surface area contributed by atoms with Crippen LogP contribution in [0.15, 0.2) is 18.2 Å². The lowest BCUT2D eigenvalue weighted by Crippen LogP contribution is -2.11. The van der Waals surface area contributed by atoms with Crippen LogP contribution in [0, 0.1) is 16.6 Å². The minimum Gasteiger partial charge on any atom is -0.399 e. The molecular weight excluding hydrogens is 203 g/mol. The fraction of sp³-hybridized carbons (Fsp3) is 0.538. The molecule has 2 nitrogen and oxygen atoms in total. The van der Waals surface area contributed by atoms with Crippen LogP contribution in [0.3, 0.4) is 0 Å². The van der Waals surface area contributed by atoms with Gasteiger partial charge in [0.2, 0.25) is 0 Å². The first-order valence-electron chi connectivity index (χ1n) is 5.58. The van der Waals surface area contributed by atoms with E-state index < -0.39 is 0 Å². The predicted molar refractivity (Wildman–Crippen MR) is 65.8 cm³/mol. The highest BCUT2D eigenvalue weighted by molar-refractivity contribution is 5.55. The Morgan fingerprint density at radius 2 is 1.75 bits per heavy atom. The quantitative estimate of drug-likeness (QED) is 0.754. The molecule has 88 valence electrons. The van der Waals surface area contributed by atoms with Crippen LogP contribution in [0.1, 0.15) is 27.7 Å². The van der Waals surface area contributed by atoms with E-state index in [2.05, 4.69) is 33.0 Å². The molecule has 1 aliphatic rings. The van der Waals surface area contributed by atoms with E-state index >= 15 is 0 Å². The largest absolute Gasteiger partial charge is 0.399 e. The summed E-state index contributed by atoms with van der Waals surface area (Å²) in [6, 6.07) is 5.08. The summed E-state index contributed by atoms with van der Waals surface area (Å²) < 4.78 is 13.6. The van der Waals surface area contributed by atoms with Crippen molar-refractivity contribution >= 4 is 11.4 Å². The molecule has 0 amide bonds. The molecule has 3 N–H and O–H groups in total. The summed E-state index contributed by atoms with van der Waals surface area (Å²) in [6.07, 6.45) is 0. The van der Waals surface area contributed by atoms with Crippen molar-refractivity contribution in [1.82, 2.24) is 0 Å². The van der Waals surface area contributed by atoms with Crippen molar-refractivity contribution in [3.63, 3.8) is 0 Å². The Morgan fingerprint density at radius 1 is 1.19 bits per heavy atom. The second kappa shape index (κ2) is 3.12. The zero-order valence-electron chi connectivity index (χ0n) is 10.3. The summed E-state index contributed by atoms with van der Waals surface area (Å²) in [5.41, 5.74) is 6.90. The standard InChI is InChI=1S/C13H19FN2/c1-12(2)11(13(12,3)4)16-10-6-5-8(15)7-9(10)14/h5-7,11,16H,15H2,1-4H3. The number of rotatable bonds is 2. The van der Waals surface area contributed by atoms with Gasteiger partial charge in [0.05, 0.1) is 5.69 Å². The molecule has 0 aliphatic heterocycles. The molecule has 3 heteroatoms. The highest BCUT2D eigenvalue weighted by Gasteiger charge is 2.65. The molecule has 2 rings (SSSR count). The fourth-order valence-electron chi connectivity index (χ4n) is 2.36. The molecule has 0 saturated heterocycles. The van der Waals surface area contributed by atoms with Gasteiger partial charge < -0.3 is 11.1 Å². The first-order chi connectivity index (χ1) is 7.26. The Hall–Kier alpha value is -1.25. The average Bonchev–Trinajstić information content (AvgIpc) is 2.52. The highest BCUT2D eigenvalue weighted by Crippen LogP contribution is 2.63. The minimum absolute atomic E-state index is 0.195. The Balaban J connectivity index is 2.18. The van der Waals surface area contributed by atoms with Crippen LogP contribution in [-0.2, 0) is 0 Å². The lowest BCUT2D eigenvalue weighted by molar-refractivity contribution is 0.457. The van der Waals surface area contributed by atoms with Gasteiger partial charge in [-0.05, 0) is 29.0 Å². The lowest BCUT2D eigenvalue weighted by atomic mass is 10.0. The smallest absolute Gasteiger partial charge is 0.148 e. The molecule has 1 aromatic rings. The van der Waals surface area contributed by atoms with Crippen LogP contribution >= 0.6 is 0 Å². The van der Waals surface area contributed by atoms with E-state index in [1.165, 1.54) is 6.07 Å². The Kier molecular flexibility index (Phi) is 2.19. The van der Waals surface area contributed by atoms with Gasteiger partial charge in [0.25, 0.3) is 0 Å². The SMILES string of the molecule is CC1(C)C(Nc2ccc(N)cc2F)C1(C)C. The monoisotopic (exact) mass is 222 g/mol. The van der Waals surface area contributed by atoms with Crippen LogP contribution in [0.5, 0.6) is 0 Å². The zero-order chi connectivity index (χ0) is 12.1. The molecule has 16 heavy (non-hydrogen) atoms. The van der Waals surface area contributed by atoms with E-state index in [0.29, 0.717) is 17.4 Å². The van der Waals surface area contributed by atoms with Crippen LogP contribution in [0.4, 0.5) is 15.8 Å². The topological polar surface area (TPSA) is 38.0 Å². The van der Waals surface area contributed by atoms with E-state index in [1.54, 1.807) is 12.1 Å². The van der Waals surface area contributed by atoms with Crippen molar-refractivity contribution in [3.8, 4) is 0 Å². The molecule has 0 atom stereocenters. The van der Waals surface area contributed by atoms with Gasteiger partial charge >= 0.3 is 0 Å². The molecule has 0 radical (unpaired) electrons. The molecular formula is C13H19FN2. The Bertz CT molecular complexity index is 410. The maximum atomic E-state index is 13.6. The third-order valence-corrected chi connectivity index (χ3v) is 4.31. The summed E-state index contributed by atoms with van der Waals surface area (Å²) >= 11 is 0. The van der Waals surface area contributed by atoms with Crippen LogP contribution in [0.2, 0.25) is 0 Å². The molecule has 0 spiro atoms. The van der Waals surface area contributed by atoms with Crippen LogP contribution < -0.4 is 11.1 Å². The molecule has 1 saturated carbocycles. The van der Waals surface area contributed by atoms with Crippen molar-refractivity contribution in [2.75, 3.05) is 11.1 Å². The van der Waals surface area contributed by atoms with Gasteiger partial charge in [0, 0.05) is 11.7 Å². The van der Waals surface area contributed by atoms with Crippen molar-refractivity contribution < 1.29 is 4.39 Å². The highest BCUT2D eigenvalue weighted by atomic mass is 19.1. The second-order valence-electron chi connectivity index (χ2n) is 5.76. The molecule has 1 aliphatic carbocycles. The molecule has 0 aromatic heterocycles. The number of halogens is 1. The van der Waals surface area contributed by atoms with Crippen molar-refractivity contribution in [3.05, 3.63) is 24.0 Å². The van der Waals surface area contributed by atoms with E-state index in [9.17, 15) is 4.39 Å². The van der Waals surface area contributed by atoms with Gasteiger partial charge in [-0.1, -0.05) is 27.7 Å². The van der Waals surface area contributed by atoms with Crippen molar-refractivity contribution in [2.24, 2.45) is 10.8 Å². The van der Waals surface area contributed by atoms with Gasteiger partial charge in [-0.2, -0.15) is 0 Å². The zero-order valence-corrected chi connectivity index (χ0v) is 10.3. The van der Waals surface area contributed by atoms with Crippen LogP contribution in [-0.4, -0.2) is 6.04 Å². The normalized spacial score (nSPS) is 21.8. The summed E-state index contributed by atoms with van der Waals surface area (Å²) in [6.45, 7) is 8.78. The van der Waals surface area contributed by atoms with Gasteiger partial charge in [-0.3, -0.25) is 0 Å². The van der Waals surface area contributed by atoms with Gasteiger partial charge in [-0.25, -0.2) is 4.39 Å². The van der Waals surface area contributed by atoms with E-state index in [0.717, 1.165) is 0 Å². The number of hydrogen-bond acceptors (Lipinski definition) is 2. The summed E-state index contributed by atoms with van der Waals surface area (Å²) in [7, 11) is 0. The molecule has 0 heterocycles. The number of nitrogens with one attached hydrogen (secondary N) is 1. The number of anilines is 2. The number of nitrogen functional groups attached to an aromatic ring is 1. The predicted octanol–water partition coefficient (Wildman–Crippen LogP) is 3.25. The van der Waals surface area contributed by atoms with E-state index in [-0.39, 0.29) is 16.6 Å². The van der Waals surface area contributed by atoms with Crippen LogP contribution in [0.25, 0.3) is 0 Å². The Morgan fingerprint density at radius 3 is 2.19 bits per heavy atom. The first kappa shape index (κ1) is 11.2. The number of hydrogen-bond donors (Lipinski definition) is 2. The third-order valence-electron chi connectivity index (χ3n) is 4.31. The first-order valence-corrected chi connectivity index (χ1v) is 5.58. The molecule has 0 bridgehead atoms. The lowest BCUT2D eigenvalue weighted by Gasteiger charge is -2.09. The molecule has 1 aromatic carbocycles. The average molecular weight is 222 g/mol. The van der Waals surface area contributed by atoms with Gasteiger partial charge in [0.1, 0.15) is 5.82 Å². The Labute approximate surface area is 96.0 Å². The molecule has 0 unspecified atom stereocenters. The van der Waals surface area contributed by atoms with E-state index in [4.69, 9.17) is 5.73 Å². The van der Waals surface area contributed by atoms with E-state index in [1.807, 2.05) is 0 Å². The maximum absolute atomic E-state index is 13.6. The summed E-state index contributed by atoms with van der Waals surface area (Å²) in [5.74, 6) is -0.279. The third kappa shape index (κ3) is 1.46. The van der Waals surface area contributed by atoms with Crippen molar-refractivity contribution in [1.29, 1.82) is 0 Å². The number of benzene rings is 1. The molecule has 1 fully saturated rings. The fourth-order valence-corrected chi connectivity index (χ4v) is 2.36. The number of nitrogens with two attached hydrogens (primary N) is 1. The minimum atomic E-state index is -0.279. The summed E-state index contributed by atoms with van der Waals surface area (Å²) in [4.78, 5) is 0. The second-order valence-corrected chi connectivity index (χ2v) is 5.76. The summed E-state index contributed by atoms with van der Waals surface area (Å²) in [5, 5.41) is 3.26. The maximum Gasteiger partial charge on any atom is 0.148 e. The van der Waals surface area contributed by atoms with Gasteiger partial charge in [0.15, 0.2) is 0 Å². The van der Waals surface area contributed by atoms with Crippen molar-refractivity contribution in [2.45, 2.75) is 33.7 Å².